The van der Waals surface area contributed by atoms with Gasteiger partial charge in [-0.05, 0) is 36.8 Å². The van der Waals surface area contributed by atoms with Crippen LogP contribution in [0.5, 0.6) is 0 Å². The first-order valence-electron chi connectivity index (χ1n) is 8.54. The van der Waals surface area contributed by atoms with Crippen molar-refractivity contribution in [2.45, 2.75) is 19.4 Å². The SMILES string of the molecule is Cc1cccc(C2=C3CC=CN3NC2c2ccnc3ccccc23)n1. The Morgan fingerprint density at radius 1 is 1.08 bits per heavy atom. The van der Waals surface area contributed by atoms with Crippen LogP contribution < -0.4 is 5.43 Å². The van der Waals surface area contributed by atoms with E-state index in [0.29, 0.717) is 0 Å². The summed E-state index contributed by atoms with van der Waals surface area (Å²) in [6.07, 6.45) is 7.11. The lowest BCUT2D eigenvalue weighted by Crippen LogP contribution is -2.27. The number of pyridine rings is 2. The van der Waals surface area contributed by atoms with Crippen LogP contribution in [0.25, 0.3) is 16.5 Å². The van der Waals surface area contributed by atoms with Crippen molar-refractivity contribution in [2.24, 2.45) is 0 Å². The molecule has 2 aromatic heterocycles. The molecule has 5 rings (SSSR count). The molecule has 122 valence electrons. The zero-order valence-corrected chi connectivity index (χ0v) is 14.0. The highest BCUT2D eigenvalue weighted by Crippen LogP contribution is 2.43. The smallest absolute Gasteiger partial charge is 0.0812 e. The summed E-state index contributed by atoms with van der Waals surface area (Å²) in [6.45, 7) is 2.04. The average molecular weight is 326 g/mol. The van der Waals surface area contributed by atoms with E-state index in [2.05, 4.69) is 64.1 Å². The molecule has 0 amide bonds. The van der Waals surface area contributed by atoms with Gasteiger partial charge >= 0.3 is 0 Å². The molecule has 2 aliphatic heterocycles. The molecule has 0 saturated carbocycles. The highest BCUT2D eigenvalue weighted by Gasteiger charge is 2.35. The number of aromatic nitrogens is 2. The summed E-state index contributed by atoms with van der Waals surface area (Å²) in [5.41, 5.74) is 10.5. The molecule has 1 aromatic carbocycles. The number of nitrogens with zero attached hydrogens (tertiary/aromatic N) is 3. The van der Waals surface area contributed by atoms with Crippen molar-refractivity contribution in [2.75, 3.05) is 0 Å². The van der Waals surface area contributed by atoms with Gasteiger partial charge < -0.3 is 0 Å². The lowest BCUT2D eigenvalue weighted by atomic mass is 9.93. The van der Waals surface area contributed by atoms with Crippen LogP contribution in [0, 0.1) is 6.92 Å². The van der Waals surface area contributed by atoms with Gasteiger partial charge in [-0.25, -0.2) is 5.43 Å². The maximum absolute atomic E-state index is 4.80. The predicted molar refractivity (Wildman–Crippen MR) is 99.1 cm³/mol. The van der Waals surface area contributed by atoms with Gasteiger partial charge in [-0.1, -0.05) is 30.3 Å². The molecule has 0 saturated heterocycles. The Hall–Kier alpha value is -2.98. The van der Waals surface area contributed by atoms with E-state index in [1.165, 1.54) is 22.2 Å². The highest BCUT2D eigenvalue weighted by atomic mass is 15.5. The van der Waals surface area contributed by atoms with E-state index in [4.69, 9.17) is 4.98 Å². The minimum absolute atomic E-state index is 0.0714. The minimum atomic E-state index is 0.0714. The van der Waals surface area contributed by atoms with Crippen LogP contribution >= 0.6 is 0 Å². The molecule has 25 heavy (non-hydrogen) atoms. The van der Waals surface area contributed by atoms with Crippen LogP contribution in [0.3, 0.4) is 0 Å². The normalized spacial score (nSPS) is 19.1. The second-order valence-corrected chi connectivity index (χ2v) is 6.46. The second-order valence-electron chi connectivity index (χ2n) is 6.46. The predicted octanol–water partition coefficient (Wildman–Crippen LogP) is 4.13. The van der Waals surface area contributed by atoms with Gasteiger partial charge in [0.1, 0.15) is 0 Å². The van der Waals surface area contributed by atoms with E-state index >= 15 is 0 Å². The van der Waals surface area contributed by atoms with Gasteiger partial charge in [-0.3, -0.25) is 15.0 Å². The van der Waals surface area contributed by atoms with Crippen LogP contribution in [0.15, 0.2) is 72.7 Å². The van der Waals surface area contributed by atoms with Crippen molar-refractivity contribution < 1.29 is 0 Å². The zero-order valence-electron chi connectivity index (χ0n) is 14.0. The Labute approximate surface area is 146 Å². The summed E-state index contributed by atoms with van der Waals surface area (Å²) in [6, 6.07) is 16.7. The number of aryl methyl sites for hydroxylation is 1. The third-order valence-electron chi connectivity index (χ3n) is 4.88. The van der Waals surface area contributed by atoms with Crippen molar-refractivity contribution in [3.63, 3.8) is 0 Å². The number of nitrogens with one attached hydrogen (secondary N) is 1. The third kappa shape index (κ3) is 2.26. The molecule has 4 nitrogen and oxygen atoms in total. The number of para-hydroxylation sites is 1. The highest BCUT2D eigenvalue weighted by molar-refractivity contribution is 5.86. The summed E-state index contributed by atoms with van der Waals surface area (Å²) in [5.74, 6) is 0. The van der Waals surface area contributed by atoms with Gasteiger partial charge in [0.2, 0.25) is 0 Å². The molecule has 0 spiro atoms. The second kappa shape index (κ2) is 5.53. The minimum Gasteiger partial charge on any atom is -0.287 e. The number of fused-ring (bicyclic) bond motifs is 2. The first-order chi connectivity index (χ1) is 12.3. The fraction of sp³-hybridized carbons (Fsp3) is 0.143. The number of benzene rings is 1. The molecule has 0 aliphatic carbocycles. The molecule has 0 bridgehead atoms. The molecular formula is C21H18N4. The summed E-state index contributed by atoms with van der Waals surface area (Å²) < 4.78 is 0. The molecule has 1 unspecified atom stereocenters. The number of hydrazine groups is 1. The average Bonchev–Trinajstić information content (AvgIpc) is 3.22. The Bertz CT molecular complexity index is 1030. The maximum atomic E-state index is 4.80. The van der Waals surface area contributed by atoms with Gasteiger partial charge in [-0.2, -0.15) is 0 Å². The molecule has 0 fully saturated rings. The molecule has 2 aliphatic rings. The van der Waals surface area contributed by atoms with Gasteiger partial charge in [-0.15, -0.1) is 0 Å². The summed E-state index contributed by atoms with van der Waals surface area (Å²) in [7, 11) is 0. The fourth-order valence-electron chi connectivity index (χ4n) is 3.77. The number of hydrogen-bond donors (Lipinski definition) is 1. The summed E-state index contributed by atoms with van der Waals surface area (Å²) in [5, 5.41) is 3.32. The van der Waals surface area contributed by atoms with Crippen molar-refractivity contribution in [3.8, 4) is 0 Å². The van der Waals surface area contributed by atoms with Gasteiger partial charge in [0.25, 0.3) is 0 Å². The maximum Gasteiger partial charge on any atom is 0.0812 e. The van der Waals surface area contributed by atoms with Crippen LogP contribution in [0.1, 0.15) is 29.4 Å². The Morgan fingerprint density at radius 2 is 2.00 bits per heavy atom. The molecular weight excluding hydrogens is 308 g/mol. The van der Waals surface area contributed by atoms with Crippen LogP contribution in [-0.2, 0) is 0 Å². The van der Waals surface area contributed by atoms with Gasteiger partial charge in [0.05, 0.1) is 17.3 Å². The van der Waals surface area contributed by atoms with Gasteiger partial charge in [0, 0.05) is 41.2 Å². The molecule has 4 heterocycles. The monoisotopic (exact) mass is 326 g/mol. The largest absolute Gasteiger partial charge is 0.287 e. The first kappa shape index (κ1) is 14.4. The van der Waals surface area contributed by atoms with E-state index in [0.717, 1.165) is 23.3 Å². The standard InChI is InChI=1S/C21H18N4/c1-14-6-4-9-18(23-14)20-19-10-5-13-25(19)24-21(20)16-11-12-22-17-8-3-2-7-15(16)17/h2-9,11-13,21,24H,10H2,1H3. The molecule has 3 aromatic rings. The quantitative estimate of drug-likeness (QED) is 0.769. The Morgan fingerprint density at radius 3 is 2.92 bits per heavy atom. The van der Waals surface area contributed by atoms with Crippen molar-refractivity contribution in [1.29, 1.82) is 0 Å². The Kier molecular flexibility index (Phi) is 3.18. The van der Waals surface area contributed by atoms with Crippen LogP contribution in [0.2, 0.25) is 0 Å². The lowest BCUT2D eigenvalue weighted by molar-refractivity contribution is 0.358. The zero-order chi connectivity index (χ0) is 16.8. The van der Waals surface area contributed by atoms with E-state index in [-0.39, 0.29) is 6.04 Å². The lowest BCUT2D eigenvalue weighted by Gasteiger charge is -2.19. The van der Waals surface area contributed by atoms with Crippen molar-refractivity contribution in [1.82, 2.24) is 20.4 Å². The van der Waals surface area contributed by atoms with Crippen LogP contribution in [-0.4, -0.2) is 15.0 Å². The molecule has 4 heteroatoms. The molecule has 1 atom stereocenters. The number of allylic oxidation sites excluding steroid dienone is 1. The number of rotatable bonds is 2. The first-order valence-corrected chi connectivity index (χ1v) is 8.54. The fourth-order valence-corrected chi connectivity index (χ4v) is 3.77. The van der Waals surface area contributed by atoms with E-state index in [9.17, 15) is 0 Å². The topological polar surface area (TPSA) is 41.0 Å². The number of hydrogen-bond acceptors (Lipinski definition) is 4. The van der Waals surface area contributed by atoms with Crippen molar-refractivity contribution in [3.05, 3.63) is 89.7 Å². The Balaban J connectivity index is 1.72. The molecule has 0 radical (unpaired) electrons. The van der Waals surface area contributed by atoms with E-state index in [1.807, 2.05) is 25.3 Å². The van der Waals surface area contributed by atoms with Gasteiger partial charge in [0.15, 0.2) is 0 Å². The summed E-state index contributed by atoms with van der Waals surface area (Å²) >= 11 is 0. The molecule has 1 N–H and O–H groups in total. The van der Waals surface area contributed by atoms with E-state index < -0.39 is 0 Å². The van der Waals surface area contributed by atoms with Crippen molar-refractivity contribution >= 4 is 16.5 Å². The third-order valence-corrected chi connectivity index (χ3v) is 4.88. The van der Waals surface area contributed by atoms with E-state index in [1.54, 1.807) is 0 Å². The summed E-state index contributed by atoms with van der Waals surface area (Å²) in [4.78, 5) is 9.31. The van der Waals surface area contributed by atoms with Crippen LogP contribution in [0.4, 0.5) is 0 Å².